The Hall–Kier alpha value is -0.870. The van der Waals surface area contributed by atoms with Gasteiger partial charge in [-0.2, -0.15) is 0 Å². The van der Waals surface area contributed by atoms with Gasteiger partial charge < -0.3 is 14.2 Å². The zero-order valence-electron chi connectivity index (χ0n) is 9.70. The van der Waals surface area contributed by atoms with Crippen molar-refractivity contribution in [1.82, 2.24) is 0 Å². The number of carbonyl (C=O) groups excluding carboxylic acids is 1. The first-order valence-electron chi connectivity index (χ1n) is 5.00. The van der Waals surface area contributed by atoms with Gasteiger partial charge in [0.05, 0.1) is 6.61 Å². The summed E-state index contributed by atoms with van der Waals surface area (Å²) >= 11 is 0. The molecule has 0 amide bonds. The number of hydrogen-bond acceptors (Lipinski definition) is 4. The Balaban J connectivity index is 2.45. The highest BCUT2D eigenvalue weighted by Gasteiger charge is 2.37. The summed E-state index contributed by atoms with van der Waals surface area (Å²) < 4.78 is 16.1. The summed E-state index contributed by atoms with van der Waals surface area (Å²) in [7, 11) is 0. The Morgan fingerprint density at radius 2 is 2.20 bits per heavy atom. The molecule has 0 aromatic heterocycles. The van der Waals surface area contributed by atoms with Crippen LogP contribution in [0.4, 0.5) is 0 Å². The Labute approximate surface area is 90.2 Å². The average Bonchev–Trinajstić information content (AvgIpc) is 2.45. The van der Waals surface area contributed by atoms with Gasteiger partial charge in [0.15, 0.2) is 5.79 Å². The van der Waals surface area contributed by atoms with E-state index in [9.17, 15) is 4.79 Å². The van der Waals surface area contributed by atoms with Crippen LogP contribution in [-0.4, -0.2) is 30.6 Å². The van der Waals surface area contributed by atoms with Crippen molar-refractivity contribution in [3.63, 3.8) is 0 Å². The summed E-state index contributed by atoms with van der Waals surface area (Å²) in [5.74, 6) is -0.982. The molecule has 2 atom stereocenters. The molecule has 1 aliphatic rings. The van der Waals surface area contributed by atoms with E-state index in [2.05, 4.69) is 6.58 Å². The van der Waals surface area contributed by atoms with E-state index < -0.39 is 11.8 Å². The van der Waals surface area contributed by atoms with Crippen LogP contribution in [0.15, 0.2) is 12.2 Å². The Morgan fingerprint density at radius 1 is 1.60 bits per heavy atom. The topological polar surface area (TPSA) is 44.8 Å². The second-order valence-electron chi connectivity index (χ2n) is 4.26. The van der Waals surface area contributed by atoms with E-state index in [4.69, 9.17) is 14.2 Å². The van der Waals surface area contributed by atoms with Crippen LogP contribution in [0.2, 0.25) is 0 Å². The zero-order chi connectivity index (χ0) is 11.6. The van der Waals surface area contributed by atoms with Crippen LogP contribution in [-0.2, 0) is 19.0 Å². The van der Waals surface area contributed by atoms with Crippen molar-refractivity contribution in [2.45, 2.75) is 45.7 Å². The Bertz CT molecular complexity index is 270. The van der Waals surface area contributed by atoms with Crippen molar-refractivity contribution in [3.05, 3.63) is 12.2 Å². The van der Waals surface area contributed by atoms with Crippen LogP contribution >= 0.6 is 0 Å². The molecule has 0 N–H and O–H groups in total. The monoisotopic (exact) mass is 214 g/mol. The average molecular weight is 214 g/mol. The fraction of sp³-hybridized carbons (Fsp3) is 0.727. The van der Waals surface area contributed by atoms with Crippen molar-refractivity contribution in [1.29, 1.82) is 0 Å². The fourth-order valence-electron chi connectivity index (χ4n) is 1.29. The van der Waals surface area contributed by atoms with Gasteiger partial charge in [-0.3, -0.25) is 0 Å². The predicted molar refractivity (Wildman–Crippen MR) is 55.3 cm³/mol. The van der Waals surface area contributed by atoms with Crippen LogP contribution < -0.4 is 0 Å². The zero-order valence-corrected chi connectivity index (χ0v) is 9.70. The van der Waals surface area contributed by atoms with Crippen LogP contribution in [0.25, 0.3) is 0 Å². The minimum absolute atomic E-state index is 0.205. The first kappa shape index (κ1) is 12.2. The summed E-state index contributed by atoms with van der Waals surface area (Å²) in [6.07, 6.45) is -0.528. The highest BCUT2D eigenvalue weighted by atomic mass is 16.7. The van der Waals surface area contributed by atoms with Gasteiger partial charge in [-0.25, -0.2) is 4.79 Å². The quantitative estimate of drug-likeness (QED) is 0.529. The Morgan fingerprint density at radius 3 is 2.60 bits per heavy atom. The summed E-state index contributed by atoms with van der Waals surface area (Å²) in [4.78, 5) is 11.3. The molecule has 86 valence electrons. The number of rotatable bonds is 3. The maximum atomic E-state index is 11.3. The van der Waals surface area contributed by atoms with E-state index in [1.165, 1.54) is 0 Å². The molecule has 2 unspecified atom stereocenters. The van der Waals surface area contributed by atoms with Gasteiger partial charge in [0.1, 0.15) is 12.2 Å². The van der Waals surface area contributed by atoms with E-state index in [0.29, 0.717) is 12.2 Å². The fourth-order valence-corrected chi connectivity index (χ4v) is 1.29. The molecular weight excluding hydrogens is 196 g/mol. The Kier molecular flexibility index (Phi) is 3.52. The van der Waals surface area contributed by atoms with Crippen LogP contribution in [0.1, 0.15) is 27.7 Å². The number of hydrogen-bond donors (Lipinski definition) is 0. The van der Waals surface area contributed by atoms with Gasteiger partial charge in [0, 0.05) is 5.57 Å². The van der Waals surface area contributed by atoms with Gasteiger partial charge in [-0.05, 0) is 27.7 Å². The molecular formula is C11H18O4. The van der Waals surface area contributed by atoms with Crippen LogP contribution in [0.3, 0.4) is 0 Å². The molecule has 0 aromatic rings. The molecule has 1 fully saturated rings. The second-order valence-corrected chi connectivity index (χ2v) is 4.26. The minimum Gasteiger partial charge on any atom is -0.456 e. The largest absolute Gasteiger partial charge is 0.456 e. The highest BCUT2D eigenvalue weighted by molar-refractivity contribution is 5.87. The summed E-state index contributed by atoms with van der Waals surface area (Å²) in [6.45, 7) is 11.0. The third-order valence-electron chi connectivity index (χ3n) is 2.20. The lowest BCUT2D eigenvalue weighted by molar-refractivity contribution is -0.165. The molecule has 0 aliphatic carbocycles. The van der Waals surface area contributed by atoms with Crippen molar-refractivity contribution >= 4 is 5.97 Å². The molecule has 1 rings (SSSR count). The lowest BCUT2D eigenvalue weighted by atomic mass is 10.2. The van der Waals surface area contributed by atoms with Gasteiger partial charge in [0.25, 0.3) is 0 Å². The molecule has 1 heterocycles. The normalized spacial score (nSPS) is 26.0. The van der Waals surface area contributed by atoms with Crippen molar-refractivity contribution in [2.24, 2.45) is 0 Å². The maximum Gasteiger partial charge on any atom is 0.333 e. The van der Waals surface area contributed by atoms with E-state index in [-0.39, 0.29) is 12.2 Å². The smallest absolute Gasteiger partial charge is 0.333 e. The van der Waals surface area contributed by atoms with Gasteiger partial charge in [-0.15, -0.1) is 0 Å². The lowest BCUT2D eigenvalue weighted by Crippen LogP contribution is -2.32. The van der Waals surface area contributed by atoms with E-state index >= 15 is 0 Å². The molecule has 0 radical (unpaired) electrons. The highest BCUT2D eigenvalue weighted by Crippen LogP contribution is 2.25. The molecule has 4 heteroatoms. The van der Waals surface area contributed by atoms with Crippen molar-refractivity contribution in [3.8, 4) is 0 Å². The second kappa shape index (κ2) is 4.33. The number of esters is 1. The third kappa shape index (κ3) is 3.32. The van der Waals surface area contributed by atoms with E-state index in [1.54, 1.807) is 13.8 Å². The number of carbonyl (C=O) groups is 1. The van der Waals surface area contributed by atoms with Crippen LogP contribution in [0.5, 0.6) is 0 Å². The van der Waals surface area contributed by atoms with Gasteiger partial charge in [-0.1, -0.05) is 6.58 Å². The summed E-state index contributed by atoms with van der Waals surface area (Å²) in [6, 6.07) is 0. The molecule has 0 spiro atoms. The first-order valence-corrected chi connectivity index (χ1v) is 5.00. The summed E-state index contributed by atoms with van der Waals surface area (Å²) in [5, 5.41) is 0. The van der Waals surface area contributed by atoms with Crippen molar-refractivity contribution in [2.75, 3.05) is 6.61 Å². The predicted octanol–water partition coefficient (Wildman–Crippen LogP) is 1.65. The SMILES string of the molecule is C=C(C)C(=O)OC(C)C1COC(C)(C)O1. The van der Waals surface area contributed by atoms with Crippen LogP contribution in [0, 0.1) is 0 Å². The molecule has 0 saturated carbocycles. The molecule has 0 bridgehead atoms. The van der Waals surface area contributed by atoms with Gasteiger partial charge in [0.2, 0.25) is 0 Å². The third-order valence-corrected chi connectivity index (χ3v) is 2.20. The molecule has 1 saturated heterocycles. The van der Waals surface area contributed by atoms with E-state index in [1.807, 2.05) is 13.8 Å². The lowest BCUT2D eigenvalue weighted by Gasteiger charge is -2.21. The molecule has 1 aliphatic heterocycles. The molecule has 4 nitrogen and oxygen atoms in total. The van der Waals surface area contributed by atoms with E-state index in [0.717, 1.165) is 0 Å². The first-order chi connectivity index (χ1) is 6.82. The van der Waals surface area contributed by atoms with Crippen molar-refractivity contribution < 1.29 is 19.0 Å². The molecule has 0 aromatic carbocycles. The minimum atomic E-state index is -0.589. The maximum absolute atomic E-state index is 11.3. The standard InChI is InChI=1S/C11H18O4/c1-7(2)10(12)14-8(3)9-6-13-11(4,5)15-9/h8-9H,1,6H2,2-5H3. The molecule has 15 heavy (non-hydrogen) atoms. The van der Waals surface area contributed by atoms with Gasteiger partial charge >= 0.3 is 5.97 Å². The number of ether oxygens (including phenoxy) is 3. The summed E-state index contributed by atoms with van der Waals surface area (Å²) in [5.41, 5.74) is 0.389.